The number of hydrogen-bond acceptors (Lipinski definition) is 3. The quantitative estimate of drug-likeness (QED) is 0.177. The van der Waals surface area contributed by atoms with Gasteiger partial charge >= 0.3 is 0 Å². The molecule has 10 aromatic rings. The molecule has 2 nitrogen and oxygen atoms in total. The van der Waals surface area contributed by atoms with Crippen molar-refractivity contribution < 1.29 is 0 Å². The second-order valence-corrected chi connectivity index (χ2v) is 17.8. The molecule has 0 fully saturated rings. The van der Waals surface area contributed by atoms with Gasteiger partial charge in [-0.15, -0.1) is 0 Å². The molecule has 2 spiro atoms. The number of aromatic nitrogens is 2. The van der Waals surface area contributed by atoms with Crippen LogP contribution in [0.4, 0.5) is 0 Å². The number of fused-ring (bicyclic) bond motifs is 15. The van der Waals surface area contributed by atoms with Gasteiger partial charge in [-0.2, -0.15) is 0 Å². The lowest BCUT2D eigenvalue weighted by Gasteiger charge is -2.52. The third-order valence-electron chi connectivity index (χ3n) is 13.6. The van der Waals surface area contributed by atoms with Crippen LogP contribution in [0.3, 0.4) is 0 Å². The molecule has 63 heavy (non-hydrogen) atoms. The van der Waals surface area contributed by atoms with Crippen LogP contribution in [0.25, 0.3) is 56.2 Å². The van der Waals surface area contributed by atoms with Gasteiger partial charge in [0.05, 0.1) is 22.2 Å². The largest absolute Gasteiger partial charge is 0.228 e. The van der Waals surface area contributed by atoms with Crippen LogP contribution < -0.4 is 0 Å². The van der Waals surface area contributed by atoms with Crippen molar-refractivity contribution in [2.75, 3.05) is 0 Å². The summed E-state index contributed by atoms with van der Waals surface area (Å²) in [5.74, 6) is 0.712. The molecule has 1 aliphatic heterocycles. The minimum Gasteiger partial charge on any atom is -0.228 e. The normalized spacial score (nSPS) is 14.2. The molecular weight excluding hydrogens is 781 g/mol. The summed E-state index contributed by atoms with van der Waals surface area (Å²) in [7, 11) is 0. The maximum atomic E-state index is 5.22. The Balaban J connectivity index is 1.05. The molecule has 0 saturated heterocycles. The standard InChI is InChI=1S/C60H38N2S/c1-3-19-39(20-4-1)54-38-55(62-58(61-54)40-21-5-2-6-22-40)42-24-17-23-41(37-42)43-27-18-35-53-57(43)63-56-36-16-15-34-52(56)60(53)50-32-13-11-30-48(50)59(49-31-12-14-33-51(49)60)46-28-9-7-25-44(46)45-26-8-10-29-47(45)59/h1-38H. The van der Waals surface area contributed by atoms with Crippen molar-refractivity contribution in [3.8, 4) is 56.2 Å². The van der Waals surface area contributed by atoms with Gasteiger partial charge in [0, 0.05) is 26.5 Å². The van der Waals surface area contributed by atoms with E-state index in [-0.39, 0.29) is 0 Å². The van der Waals surface area contributed by atoms with Crippen molar-refractivity contribution >= 4 is 11.8 Å². The Morgan fingerprint density at radius 3 is 1.32 bits per heavy atom. The van der Waals surface area contributed by atoms with Gasteiger partial charge in [-0.05, 0) is 85.0 Å². The summed E-state index contributed by atoms with van der Waals surface area (Å²) >= 11 is 1.90. The molecule has 0 saturated carbocycles. The van der Waals surface area contributed by atoms with Crippen molar-refractivity contribution in [3.63, 3.8) is 0 Å². The van der Waals surface area contributed by atoms with Gasteiger partial charge in [-0.25, -0.2) is 9.97 Å². The first-order valence-corrected chi connectivity index (χ1v) is 22.5. The second kappa shape index (κ2) is 14.0. The number of benzene rings is 9. The van der Waals surface area contributed by atoms with E-state index in [4.69, 9.17) is 9.97 Å². The molecule has 294 valence electrons. The molecule has 13 rings (SSSR count). The lowest BCUT2D eigenvalue weighted by Crippen LogP contribution is -2.45. The Kier molecular flexibility index (Phi) is 8.00. The summed E-state index contributed by atoms with van der Waals surface area (Å²) in [5.41, 5.74) is 19.5. The van der Waals surface area contributed by atoms with E-state index in [1.165, 1.54) is 71.0 Å². The number of nitrogens with zero attached hydrogens (tertiary/aromatic N) is 2. The first-order chi connectivity index (χ1) is 31.2. The summed E-state index contributed by atoms with van der Waals surface area (Å²) in [6.45, 7) is 0. The van der Waals surface area contributed by atoms with E-state index in [1.54, 1.807) is 0 Å². The zero-order chi connectivity index (χ0) is 41.5. The highest BCUT2D eigenvalue weighted by molar-refractivity contribution is 7.99. The summed E-state index contributed by atoms with van der Waals surface area (Å²) in [6.07, 6.45) is 0. The molecule has 2 aliphatic carbocycles. The third kappa shape index (κ3) is 5.09. The molecule has 0 unspecified atom stereocenters. The van der Waals surface area contributed by atoms with E-state index in [2.05, 4.69) is 206 Å². The predicted octanol–water partition coefficient (Wildman–Crippen LogP) is 14.7. The average Bonchev–Trinajstić information content (AvgIpc) is 3.66. The SMILES string of the molecule is c1ccc(-c2cc(-c3cccc(-c4cccc5c4Sc4ccccc4C54c5ccccc5C5(c6ccccc6-c6ccccc65)c5ccccc54)c3)nc(-c3ccccc3)n2)cc1. The van der Waals surface area contributed by atoms with Crippen LogP contribution in [0.15, 0.2) is 240 Å². The zero-order valence-corrected chi connectivity index (χ0v) is 35.1. The van der Waals surface area contributed by atoms with E-state index in [0.29, 0.717) is 5.82 Å². The van der Waals surface area contributed by atoms with Gasteiger partial charge in [0.2, 0.25) is 0 Å². The van der Waals surface area contributed by atoms with Crippen molar-refractivity contribution in [2.45, 2.75) is 20.6 Å². The maximum Gasteiger partial charge on any atom is 0.160 e. The number of hydrogen-bond donors (Lipinski definition) is 0. The van der Waals surface area contributed by atoms with E-state index in [0.717, 1.165) is 33.6 Å². The number of rotatable bonds is 4. The van der Waals surface area contributed by atoms with Gasteiger partial charge in [0.25, 0.3) is 0 Å². The first-order valence-electron chi connectivity index (χ1n) is 21.7. The van der Waals surface area contributed by atoms with Crippen molar-refractivity contribution in [3.05, 3.63) is 275 Å². The zero-order valence-electron chi connectivity index (χ0n) is 34.2. The average molecular weight is 819 g/mol. The molecule has 1 aromatic heterocycles. The van der Waals surface area contributed by atoms with Crippen LogP contribution in [0.2, 0.25) is 0 Å². The molecule has 0 N–H and O–H groups in total. The lowest BCUT2D eigenvalue weighted by atomic mass is 9.51. The first kappa shape index (κ1) is 36.1. The molecule has 3 heteroatoms. The summed E-state index contributed by atoms with van der Waals surface area (Å²) in [6, 6.07) is 84.7. The van der Waals surface area contributed by atoms with Crippen LogP contribution in [0.5, 0.6) is 0 Å². The van der Waals surface area contributed by atoms with Crippen molar-refractivity contribution in [1.29, 1.82) is 0 Å². The fourth-order valence-electron chi connectivity index (χ4n) is 11.2. The molecule has 2 heterocycles. The van der Waals surface area contributed by atoms with E-state index >= 15 is 0 Å². The fourth-order valence-corrected chi connectivity index (χ4v) is 12.5. The van der Waals surface area contributed by atoms with Gasteiger partial charge in [0.1, 0.15) is 0 Å². The maximum absolute atomic E-state index is 5.22. The predicted molar refractivity (Wildman–Crippen MR) is 257 cm³/mol. The van der Waals surface area contributed by atoms with E-state index in [9.17, 15) is 0 Å². The molecule has 3 aliphatic rings. The summed E-state index contributed by atoms with van der Waals surface area (Å²) in [5, 5.41) is 0. The minimum atomic E-state index is -0.586. The highest BCUT2D eigenvalue weighted by atomic mass is 32.2. The van der Waals surface area contributed by atoms with Gasteiger partial charge in [-0.3, -0.25) is 0 Å². The van der Waals surface area contributed by atoms with Crippen molar-refractivity contribution in [1.82, 2.24) is 9.97 Å². The monoisotopic (exact) mass is 818 g/mol. The molecule has 9 aromatic carbocycles. The van der Waals surface area contributed by atoms with Gasteiger partial charge < -0.3 is 0 Å². The second-order valence-electron chi connectivity index (χ2n) is 16.7. The lowest BCUT2D eigenvalue weighted by molar-refractivity contribution is 0.606. The molecule has 0 atom stereocenters. The highest BCUT2D eigenvalue weighted by Crippen LogP contribution is 2.67. The van der Waals surface area contributed by atoms with Crippen LogP contribution in [-0.2, 0) is 10.8 Å². The van der Waals surface area contributed by atoms with Crippen molar-refractivity contribution in [2.24, 2.45) is 0 Å². The summed E-state index contributed by atoms with van der Waals surface area (Å²) in [4.78, 5) is 12.9. The Hall–Kier alpha value is -7.59. The van der Waals surface area contributed by atoms with Crippen LogP contribution >= 0.6 is 11.8 Å². The van der Waals surface area contributed by atoms with Crippen LogP contribution in [0, 0.1) is 0 Å². The minimum absolute atomic E-state index is 0.480. The van der Waals surface area contributed by atoms with Crippen LogP contribution in [-0.4, -0.2) is 9.97 Å². The fraction of sp³-hybridized carbons (Fsp3) is 0.0333. The smallest absolute Gasteiger partial charge is 0.160 e. The molecule has 0 amide bonds. The summed E-state index contributed by atoms with van der Waals surface area (Å²) < 4.78 is 0. The van der Waals surface area contributed by atoms with Gasteiger partial charge in [0.15, 0.2) is 5.82 Å². The Labute approximate surface area is 371 Å². The molecule has 0 radical (unpaired) electrons. The molecular formula is C60H38N2S. The topological polar surface area (TPSA) is 25.8 Å². The van der Waals surface area contributed by atoms with Crippen LogP contribution in [0.1, 0.15) is 44.5 Å². The van der Waals surface area contributed by atoms with Gasteiger partial charge in [-0.1, -0.05) is 224 Å². The Morgan fingerprint density at radius 1 is 0.286 bits per heavy atom. The van der Waals surface area contributed by atoms with E-state index < -0.39 is 10.8 Å². The highest BCUT2D eigenvalue weighted by Gasteiger charge is 2.58. The molecule has 0 bridgehead atoms. The Morgan fingerprint density at radius 2 is 0.698 bits per heavy atom. The Bertz CT molecular complexity index is 3290. The van der Waals surface area contributed by atoms with E-state index in [1.807, 2.05) is 36.0 Å². The third-order valence-corrected chi connectivity index (χ3v) is 14.9.